The third kappa shape index (κ3) is 4.14. The molecule has 1 N–H and O–H groups in total. The Morgan fingerprint density at radius 2 is 2.06 bits per heavy atom. The molecule has 0 aliphatic carbocycles. The Morgan fingerprint density at radius 3 is 2.67 bits per heavy atom. The number of carbonyl (C=O) groups excluding carboxylic acids is 3. The molecule has 3 fully saturated rings. The first-order chi connectivity index (χ1) is 17.4. The average Bonchev–Trinajstić information content (AvgIpc) is 3.51. The molecule has 1 aromatic carbocycles. The van der Waals surface area contributed by atoms with Gasteiger partial charge in [0, 0.05) is 12.6 Å². The van der Waals surface area contributed by atoms with Crippen LogP contribution in [0, 0.1) is 11.8 Å². The maximum Gasteiger partial charge on any atom is 0.312 e. The van der Waals surface area contributed by atoms with Gasteiger partial charge in [-0.05, 0) is 38.7 Å². The van der Waals surface area contributed by atoms with Gasteiger partial charge in [0.1, 0.15) is 11.6 Å². The first-order valence-electron chi connectivity index (χ1n) is 13.1. The van der Waals surface area contributed by atoms with Crippen molar-refractivity contribution in [2.24, 2.45) is 11.8 Å². The number of ether oxygens (including phenoxy) is 2. The van der Waals surface area contributed by atoms with E-state index in [1.807, 2.05) is 37.3 Å². The number of hydrogen-bond donors (Lipinski definition) is 1. The predicted octanol–water partition coefficient (Wildman–Crippen LogP) is 2.86. The molecule has 36 heavy (non-hydrogen) atoms. The highest BCUT2D eigenvalue weighted by Gasteiger charge is 2.75. The molecule has 3 heterocycles. The maximum absolute atomic E-state index is 14.4. The highest BCUT2D eigenvalue weighted by molar-refractivity contribution is 5.98. The van der Waals surface area contributed by atoms with Crippen molar-refractivity contribution in [2.45, 2.75) is 76.3 Å². The van der Waals surface area contributed by atoms with Crippen LogP contribution in [0.1, 0.15) is 58.1 Å². The SMILES string of the molecule is C=CCN(C(=O)[C@@H]1N([C@H](CO)c2ccccc2)C(=O)[C@H]2[C@H](C(=O)OCC)[C@@H]3CC[C@]12O3)C(C)CCC. The minimum absolute atomic E-state index is 0.0725. The molecule has 3 saturated heterocycles. The van der Waals surface area contributed by atoms with Crippen LogP contribution in [0.15, 0.2) is 43.0 Å². The Kier molecular flexibility index (Phi) is 7.85. The first kappa shape index (κ1) is 26.4. The van der Waals surface area contributed by atoms with E-state index < -0.39 is 41.6 Å². The van der Waals surface area contributed by atoms with Gasteiger partial charge in [-0.25, -0.2) is 0 Å². The minimum Gasteiger partial charge on any atom is -0.466 e. The van der Waals surface area contributed by atoms with Gasteiger partial charge in [-0.1, -0.05) is 49.8 Å². The smallest absolute Gasteiger partial charge is 0.312 e. The number of likely N-dealkylation sites (tertiary alicyclic amines) is 1. The fraction of sp³-hybridized carbons (Fsp3) is 0.607. The van der Waals surface area contributed by atoms with Crippen molar-refractivity contribution in [3.05, 3.63) is 48.6 Å². The Bertz CT molecular complexity index is 984. The van der Waals surface area contributed by atoms with Gasteiger partial charge in [-0.2, -0.15) is 0 Å². The number of rotatable bonds is 11. The van der Waals surface area contributed by atoms with Gasteiger partial charge in [0.15, 0.2) is 0 Å². The molecule has 8 heteroatoms. The van der Waals surface area contributed by atoms with E-state index in [9.17, 15) is 19.5 Å². The summed E-state index contributed by atoms with van der Waals surface area (Å²) in [5.41, 5.74) is -0.411. The lowest BCUT2D eigenvalue weighted by Gasteiger charge is -2.41. The summed E-state index contributed by atoms with van der Waals surface area (Å²) in [6.07, 6.45) is 4.00. The molecule has 1 unspecified atom stereocenters. The van der Waals surface area contributed by atoms with E-state index in [0.717, 1.165) is 18.4 Å². The van der Waals surface area contributed by atoms with Gasteiger partial charge >= 0.3 is 5.97 Å². The molecular formula is C28H38N2O6. The number of benzene rings is 1. The van der Waals surface area contributed by atoms with Gasteiger partial charge in [0.05, 0.1) is 37.2 Å². The van der Waals surface area contributed by atoms with Crippen molar-refractivity contribution in [2.75, 3.05) is 19.8 Å². The molecular weight excluding hydrogens is 460 g/mol. The number of aliphatic hydroxyl groups excluding tert-OH is 1. The summed E-state index contributed by atoms with van der Waals surface area (Å²) in [6.45, 7) is 9.81. The van der Waals surface area contributed by atoms with E-state index in [1.54, 1.807) is 17.9 Å². The lowest BCUT2D eigenvalue weighted by atomic mass is 9.70. The first-order valence-corrected chi connectivity index (χ1v) is 13.1. The number of carbonyl (C=O) groups is 3. The molecule has 1 spiro atoms. The van der Waals surface area contributed by atoms with Gasteiger partial charge in [0.25, 0.3) is 0 Å². The van der Waals surface area contributed by atoms with Gasteiger partial charge in [-0.3, -0.25) is 14.4 Å². The number of fused-ring (bicyclic) bond motifs is 1. The molecule has 0 aromatic heterocycles. The fourth-order valence-electron chi connectivity index (χ4n) is 6.60. The predicted molar refractivity (Wildman–Crippen MR) is 134 cm³/mol. The molecule has 0 radical (unpaired) electrons. The van der Waals surface area contributed by atoms with Crippen LogP contribution in [0.2, 0.25) is 0 Å². The quantitative estimate of drug-likeness (QED) is 0.372. The molecule has 3 aliphatic rings. The molecule has 0 saturated carbocycles. The number of amides is 2. The molecule has 2 bridgehead atoms. The van der Waals surface area contributed by atoms with E-state index in [2.05, 4.69) is 13.5 Å². The van der Waals surface area contributed by atoms with E-state index in [-0.39, 0.29) is 31.1 Å². The number of esters is 1. The third-order valence-electron chi connectivity index (χ3n) is 8.07. The largest absolute Gasteiger partial charge is 0.466 e. The van der Waals surface area contributed by atoms with Crippen molar-refractivity contribution in [3.8, 4) is 0 Å². The van der Waals surface area contributed by atoms with Crippen molar-refractivity contribution in [3.63, 3.8) is 0 Å². The van der Waals surface area contributed by atoms with Crippen LogP contribution in [0.3, 0.4) is 0 Å². The molecule has 1 aromatic rings. The molecule has 196 valence electrons. The van der Waals surface area contributed by atoms with Crippen LogP contribution in [-0.4, -0.2) is 76.2 Å². The molecule has 3 aliphatic heterocycles. The Morgan fingerprint density at radius 1 is 1.33 bits per heavy atom. The van der Waals surface area contributed by atoms with E-state index in [0.29, 0.717) is 19.4 Å². The van der Waals surface area contributed by atoms with Crippen LogP contribution in [0.4, 0.5) is 0 Å². The summed E-state index contributed by atoms with van der Waals surface area (Å²) in [7, 11) is 0. The second kappa shape index (κ2) is 10.7. The molecule has 8 nitrogen and oxygen atoms in total. The van der Waals surface area contributed by atoms with Gasteiger partial charge < -0.3 is 24.4 Å². The van der Waals surface area contributed by atoms with Crippen LogP contribution in [-0.2, 0) is 23.9 Å². The number of hydrogen-bond acceptors (Lipinski definition) is 6. The van der Waals surface area contributed by atoms with Gasteiger partial charge in [0.2, 0.25) is 11.8 Å². The number of aliphatic hydroxyl groups is 1. The number of nitrogens with zero attached hydrogens (tertiary/aromatic N) is 2. The van der Waals surface area contributed by atoms with E-state index in [1.165, 1.54) is 4.90 Å². The van der Waals surface area contributed by atoms with Crippen molar-refractivity contribution < 1.29 is 29.0 Å². The highest BCUT2D eigenvalue weighted by atomic mass is 16.6. The monoisotopic (exact) mass is 498 g/mol. The average molecular weight is 499 g/mol. The lowest BCUT2D eigenvalue weighted by molar-refractivity contribution is -0.156. The zero-order valence-corrected chi connectivity index (χ0v) is 21.5. The van der Waals surface area contributed by atoms with Crippen LogP contribution >= 0.6 is 0 Å². The topological polar surface area (TPSA) is 96.4 Å². The maximum atomic E-state index is 14.4. The molecule has 4 rings (SSSR count). The van der Waals surface area contributed by atoms with Crippen molar-refractivity contribution in [1.82, 2.24) is 9.80 Å². The summed E-state index contributed by atoms with van der Waals surface area (Å²) < 4.78 is 11.8. The van der Waals surface area contributed by atoms with Crippen molar-refractivity contribution in [1.29, 1.82) is 0 Å². The Labute approximate surface area is 213 Å². The van der Waals surface area contributed by atoms with E-state index >= 15 is 0 Å². The fourth-order valence-corrected chi connectivity index (χ4v) is 6.60. The van der Waals surface area contributed by atoms with Crippen molar-refractivity contribution >= 4 is 17.8 Å². The van der Waals surface area contributed by atoms with Gasteiger partial charge in [-0.15, -0.1) is 6.58 Å². The van der Waals surface area contributed by atoms with E-state index in [4.69, 9.17) is 9.47 Å². The zero-order valence-electron chi connectivity index (χ0n) is 21.5. The summed E-state index contributed by atoms with van der Waals surface area (Å²) in [5.74, 6) is -2.61. The third-order valence-corrected chi connectivity index (χ3v) is 8.07. The Hall–Kier alpha value is -2.71. The minimum atomic E-state index is -1.14. The Balaban J connectivity index is 1.83. The summed E-state index contributed by atoms with van der Waals surface area (Å²) in [4.78, 5) is 44.9. The summed E-state index contributed by atoms with van der Waals surface area (Å²) in [6, 6.07) is 7.43. The standard InChI is InChI=1S/C28H38N2O6/c1-5-11-18(4)29(16-6-2)26(33)24-28-15-14-21(36-28)22(27(34)35-7-3)23(28)25(32)30(24)20(17-31)19-12-9-8-10-13-19/h6,8-10,12-13,18,20-24,31H,2,5,7,11,14-17H2,1,3-4H3/t18?,20-,21+,22-,23-,24+,28-/m1/s1. The zero-order chi connectivity index (χ0) is 26.0. The second-order valence-electron chi connectivity index (χ2n) is 10.1. The van der Waals surface area contributed by atoms with Crippen LogP contribution in [0.25, 0.3) is 0 Å². The van der Waals surface area contributed by atoms with Crippen LogP contribution in [0.5, 0.6) is 0 Å². The second-order valence-corrected chi connectivity index (χ2v) is 10.1. The van der Waals surface area contributed by atoms with Crippen LogP contribution < -0.4 is 0 Å². The molecule has 2 amide bonds. The molecule has 7 atom stereocenters. The lowest BCUT2D eigenvalue weighted by Crippen LogP contribution is -2.58. The summed E-state index contributed by atoms with van der Waals surface area (Å²) >= 11 is 0. The summed E-state index contributed by atoms with van der Waals surface area (Å²) in [5, 5.41) is 10.5. The normalized spacial score (nSPS) is 30.1. The highest BCUT2D eigenvalue weighted by Crippen LogP contribution is 2.60.